The maximum Gasteiger partial charge on any atom is 0.305 e. The number of hydrogen-bond donors (Lipinski definition) is 3. The van der Waals surface area contributed by atoms with Crippen molar-refractivity contribution in [1.29, 1.82) is 0 Å². The van der Waals surface area contributed by atoms with E-state index in [1.165, 1.54) is 31.4 Å². The zero-order valence-electron chi connectivity index (χ0n) is 16.3. The third-order valence-electron chi connectivity index (χ3n) is 4.59. The average Bonchev–Trinajstić information content (AvgIpc) is 3.09. The first kappa shape index (κ1) is 20.8. The molecule has 156 valence electrons. The largest absolute Gasteiger partial charge is 0.497 e. The second-order valence-corrected chi connectivity index (χ2v) is 6.67. The van der Waals surface area contributed by atoms with Gasteiger partial charge in [-0.1, -0.05) is 6.07 Å². The number of carbonyl (C=O) groups is 2. The van der Waals surface area contributed by atoms with Gasteiger partial charge in [0, 0.05) is 6.07 Å². The molecule has 0 aliphatic heterocycles. The Kier molecular flexibility index (Phi) is 6.01. The smallest absolute Gasteiger partial charge is 0.305 e. The second kappa shape index (κ2) is 8.64. The molecule has 1 aromatic heterocycles. The number of ether oxygens (including phenoxy) is 1. The van der Waals surface area contributed by atoms with Gasteiger partial charge in [-0.3, -0.25) is 19.5 Å². The fourth-order valence-corrected chi connectivity index (χ4v) is 3.11. The van der Waals surface area contributed by atoms with Gasteiger partial charge < -0.3 is 15.2 Å². The van der Waals surface area contributed by atoms with Crippen molar-refractivity contribution in [3.63, 3.8) is 0 Å². The van der Waals surface area contributed by atoms with Crippen molar-refractivity contribution < 1.29 is 23.8 Å². The molecule has 0 radical (unpaired) electrons. The number of H-pyrrole nitrogens is 1. The van der Waals surface area contributed by atoms with E-state index < -0.39 is 29.3 Å². The topological polar surface area (TPSA) is 113 Å². The number of aromatic nitrogens is 2. The summed E-state index contributed by atoms with van der Waals surface area (Å²) < 4.78 is 19.4. The summed E-state index contributed by atoms with van der Waals surface area (Å²) in [7, 11) is 1.52. The quantitative estimate of drug-likeness (QED) is 0.551. The standard InChI is InChI=1S/C21H20FN3O5/c1-12-9-15(30-2)7-8-16(12)17(11-20(27)28)23-21(29)18-10-19(26)25(24-18)14-5-3-13(22)4-6-14/h3-10,17,24H,11H2,1-2H3,(H,23,29)(H,27,28). The Hall–Kier alpha value is -3.88. The van der Waals surface area contributed by atoms with Crippen LogP contribution in [-0.4, -0.2) is 33.9 Å². The number of aryl methyl sites for hydroxylation is 1. The van der Waals surface area contributed by atoms with Crippen LogP contribution in [0, 0.1) is 12.7 Å². The van der Waals surface area contributed by atoms with Crippen LogP contribution in [0.5, 0.6) is 5.75 Å². The Balaban J connectivity index is 1.88. The molecule has 0 bridgehead atoms. The van der Waals surface area contributed by atoms with Crippen LogP contribution in [0.2, 0.25) is 0 Å². The summed E-state index contributed by atoms with van der Waals surface area (Å²) in [5.41, 5.74) is 1.16. The zero-order valence-corrected chi connectivity index (χ0v) is 16.3. The molecule has 0 saturated heterocycles. The summed E-state index contributed by atoms with van der Waals surface area (Å²) in [5, 5.41) is 14.6. The van der Waals surface area contributed by atoms with Crippen molar-refractivity contribution in [2.24, 2.45) is 0 Å². The predicted molar refractivity (Wildman–Crippen MR) is 107 cm³/mol. The number of amides is 1. The zero-order chi connectivity index (χ0) is 21.8. The van der Waals surface area contributed by atoms with Crippen molar-refractivity contribution in [3.05, 3.63) is 81.5 Å². The number of hydrogen-bond acceptors (Lipinski definition) is 4. The lowest BCUT2D eigenvalue weighted by Crippen LogP contribution is -2.31. The van der Waals surface area contributed by atoms with Crippen LogP contribution in [0.15, 0.2) is 53.3 Å². The van der Waals surface area contributed by atoms with Gasteiger partial charge in [0.1, 0.15) is 17.3 Å². The summed E-state index contributed by atoms with van der Waals surface area (Å²) in [6.45, 7) is 1.78. The van der Waals surface area contributed by atoms with E-state index in [1.807, 2.05) is 0 Å². The van der Waals surface area contributed by atoms with E-state index in [9.17, 15) is 23.9 Å². The highest BCUT2D eigenvalue weighted by molar-refractivity contribution is 5.92. The molecule has 1 unspecified atom stereocenters. The SMILES string of the molecule is COc1ccc(C(CC(=O)O)NC(=O)c2cc(=O)n(-c3ccc(F)cc3)[nH]2)c(C)c1. The molecule has 1 amide bonds. The average molecular weight is 413 g/mol. The number of aliphatic carboxylic acids is 1. The molecular weight excluding hydrogens is 393 g/mol. The predicted octanol–water partition coefficient (Wildman–Crippen LogP) is 2.57. The number of methoxy groups -OCH3 is 1. The molecule has 30 heavy (non-hydrogen) atoms. The molecule has 1 heterocycles. The lowest BCUT2D eigenvalue weighted by molar-refractivity contribution is -0.137. The number of rotatable bonds is 7. The Morgan fingerprint density at radius 1 is 1.20 bits per heavy atom. The maximum atomic E-state index is 13.1. The normalized spacial score (nSPS) is 11.7. The number of aromatic amines is 1. The molecule has 0 aliphatic carbocycles. The third kappa shape index (κ3) is 4.57. The van der Waals surface area contributed by atoms with Gasteiger partial charge in [-0.25, -0.2) is 9.07 Å². The second-order valence-electron chi connectivity index (χ2n) is 6.67. The van der Waals surface area contributed by atoms with Gasteiger partial charge in [0.15, 0.2) is 0 Å². The highest BCUT2D eigenvalue weighted by Gasteiger charge is 2.22. The lowest BCUT2D eigenvalue weighted by atomic mass is 9.98. The van der Waals surface area contributed by atoms with Crippen molar-refractivity contribution in [2.45, 2.75) is 19.4 Å². The Labute approximate surface area is 170 Å². The van der Waals surface area contributed by atoms with Crippen molar-refractivity contribution in [1.82, 2.24) is 15.1 Å². The summed E-state index contributed by atoms with van der Waals surface area (Å²) >= 11 is 0. The summed E-state index contributed by atoms with van der Waals surface area (Å²) in [4.78, 5) is 36.3. The minimum atomic E-state index is -1.09. The van der Waals surface area contributed by atoms with E-state index in [-0.39, 0.29) is 12.1 Å². The van der Waals surface area contributed by atoms with E-state index in [0.717, 1.165) is 16.3 Å². The van der Waals surface area contributed by atoms with Gasteiger partial charge in [-0.05, 0) is 54.4 Å². The first-order valence-corrected chi connectivity index (χ1v) is 9.03. The van der Waals surface area contributed by atoms with E-state index in [2.05, 4.69) is 10.4 Å². The van der Waals surface area contributed by atoms with Crippen LogP contribution >= 0.6 is 0 Å². The minimum absolute atomic E-state index is 0.0501. The number of nitrogens with one attached hydrogen (secondary N) is 2. The molecule has 0 fully saturated rings. The lowest BCUT2D eigenvalue weighted by Gasteiger charge is -2.19. The Morgan fingerprint density at radius 3 is 2.50 bits per heavy atom. The van der Waals surface area contributed by atoms with E-state index in [4.69, 9.17) is 4.74 Å². The van der Waals surface area contributed by atoms with Crippen LogP contribution in [0.1, 0.15) is 34.1 Å². The number of carboxylic acids is 1. The summed E-state index contributed by atoms with van der Waals surface area (Å²) in [5.74, 6) is -1.58. The van der Waals surface area contributed by atoms with Crippen molar-refractivity contribution in [2.75, 3.05) is 7.11 Å². The number of carboxylic acid groups (broad SMARTS) is 1. The molecule has 8 nitrogen and oxygen atoms in total. The van der Waals surface area contributed by atoms with Gasteiger partial charge in [0.2, 0.25) is 0 Å². The Morgan fingerprint density at radius 2 is 1.90 bits per heavy atom. The molecule has 3 N–H and O–H groups in total. The summed E-state index contributed by atoms with van der Waals surface area (Å²) in [6.07, 6.45) is -0.345. The molecule has 3 rings (SSSR count). The van der Waals surface area contributed by atoms with Crippen LogP contribution in [-0.2, 0) is 4.79 Å². The first-order chi connectivity index (χ1) is 14.3. The van der Waals surface area contributed by atoms with E-state index >= 15 is 0 Å². The monoisotopic (exact) mass is 413 g/mol. The molecule has 3 aromatic rings. The third-order valence-corrected chi connectivity index (χ3v) is 4.59. The molecule has 2 aromatic carbocycles. The van der Waals surface area contributed by atoms with E-state index in [0.29, 0.717) is 17.0 Å². The molecular formula is C21H20FN3O5. The maximum absolute atomic E-state index is 13.1. The van der Waals surface area contributed by atoms with Crippen LogP contribution in [0.4, 0.5) is 4.39 Å². The number of benzene rings is 2. The van der Waals surface area contributed by atoms with Gasteiger partial charge in [0.25, 0.3) is 11.5 Å². The van der Waals surface area contributed by atoms with Crippen LogP contribution in [0.25, 0.3) is 5.69 Å². The molecule has 0 aliphatic rings. The number of halogens is 1. The van der Waals surface area contributed by atoms with Gasteiger partial charge in [-0.15, -0.1) is 0 Å². The van der Waals surface area contributed by atoms with Crippen LogP contribution in [0.3, 0.4) is 0 Å². The molecule has 0 spiro atoms. The van der Waals surface area contributed by atoms with Crippen molar-refractivity contribution >= 4 is 11.9 Å². The highest BCUT2D eigenvalue weighted by atomic mass is 19.1. The summed E-state index contributed by atoms with van der Waals surface area (Å²) in [6, 6.07) is 10.5. The Bertz CT molecular complexity index is 1130. The number of nitrogens with zero attached hydrogens (tertiary/aromatic N) is 1. The molecule has 9 heteroatoms. The van der Waals surface area contributed by atoms with Gasteiger partial charge in [0.05, 0.1) is 25.3 Å². The fourth-order valence-electron chi connectivity index (χ4n) is 3.11. The minimum Gasteiger partial charge on any atom is -0.497 e. The van der Waals surface area contributed by atoms with Gasteiger partial charge >= 0.3 is 5.97 Å². The van der Waals surface area contributed by atoms with Crippen molar-refractivity contribution in [3.8, 4) is 11.4 Å². The highest BCUT2D eigenvalue weighted by Crippen LogP contribution is 2.25. The first-order valence-electron chi connectivity index (χ1n) is 9.03. The van der Waals surface area contributed by atoms with E-state index in [1.54, 1.807) is 25.1 Å². The number of carbonyl (C=O) groups excluding carboxylic acids is 1. The fraction of sp³-hybridized carbons (Fsp3) is 0.190. The molecule has 1 atom stereocenters. The van der Waals surface area contributed by atoms with Gasteiger partial charge in [-0.2, -0.15) is 0 Å². The molecule has 0 saturated carbocycles. The van der Waals surface area contributed by atoms with Crippen LogP contribution < -0.4 is 15.6 Å².